The summed E-state index contributed by atoms with van der Waals surface area (Å²) in [5.41, 5.74) is 0.602. The minimum atomic E-state index is -3.39. The predicted molar refractivity (Wildman–Crippen MR) is 68.7 cm³/mol. The summed E-state index contributed by atoms with van der Waals surface area (Å²) >= 11 is 5.16. The van der Waals surface area contributed by atoms with Crippen LogP contribution >= 0.6 is 11.6 Å². The number of anilines is 1. The van der Waals surface area contributed by atoms with Gasteiger partial charge in [0.2, 0.25) is 15.3 Å². The molecular weight excluding hydrogens is 262 g/mol. The molecule has 0 aromatic heterocycles. The van der Waals surface area contributed by atoms with Gasteiger partial charge in [-0.1, -0.05) is 18.2 Å². The highest BCUT2D eigenvalue weighted by atomic mass is 35.5. The molecule has 4 nitrogen and oxygen atoms in total. The smallest absolute Gasteiger partial charge is 0.234 e. The maximum Gasteiger partial charge on any atom is 0.234 e. The van der Waals surface area contributed by atoms with Gasteiger partial charge >= 0.3 is 0 Å². The van der Waals surface area contributed by atoms with Gasteiger partial charge in [0.25, 0.3) is 0 Å². The van der Waals surface area contributed by atoms with Gasteiger partial charge in [-0.05, 0) is 30.2 Å². The van der Waals surface area contributed by atoms with Crippen LogP contribution in [0.4, 0.5) is 5.69 Å². The van der Waals surface area contributed by atoms with Crippen molar-refractivity contribution < 1.29 is 13.2 Å². The molecule has 1 rings (SSSR count). The molecule has 0 atom stereocenters. The average molecular weight is 276 g/mol. The Bertz CT molecular complexity index is 473. The Labute approximate surface area is 106 Å². The molecule has 1 aromatic carbocycles. The van der Waals surface area contributed by atoms with Crippen LogP contribution in [0, 0.1) is 0 Å². The molecule has 94 valence electrons. The molecule has 6 heteroatoms. The number of hydrogen-bond acceptors (Lipinski definition) is 3. The Morgan fingerprint density at radius 1 is 1.29 bits per heavy atom. The summed E-state index contributed by atoms with van der Waals surface area (Å²) < 4.78 is 25.0. The van der Waals surface area contributed by atoms with Crippen molar-refractivity contribution in [3.8, 4) is 0 Å². The largest absolute Gasteiger partial charge is 0.281 e. The van der Waals surface area contributed by atoms with E-state index in [0.717, 1.165) is 0 Å². The summed E-state index contributed by atoms with van der Waals surface area (Å²) in [6.45, 7) is 0. The molecule has 0 aliphatic heterocycles. The normalized spacial score (nSPS) is 11.2. The lowest BCUT2D eigenvalue weighted by molar-refractivity contribution is -0.111. The third-order valence-corrected chi connectivity index (χ3v) is 4.35. The first-order valence-electron chi connectivity index (χ1n) is 5.13. The molecule has 0 saturated carbocycles. The van der Waals surface area contributed by atoms with Gasteiger partial charge in [-0.2, -0.15) is 0 Å². The van der Waals surface area contributed by atoms with E-state index in [1.54, 1.807) is 24.3 Å². The Morgan fingerprint density at radius 2 is 1.88 bits per heavy atom. The summed E-state index contributed by atoms with van der Waals surface area (Å²) in [7, 11) is -1.89. The molecule has 0 fully saturated rings. The van der Waals surface area contributed by atoms with Gasteiger partial charge in [-0.15, -0.1) is 0 Å². The second-order valence-corrected chi connectivity index (χ2v) is 6.12. The first-order chi connectivity index (χ1) is 7.93. The number of halogens is 1. The fourth-order valence-corrected chi connectivity index (χ4v) is 2.69. The first kappa shape index (κ1) is 14.0. The summed E-state index contributed by atoms with van der Waals surface area (Å²) in [6.07, 6.45) is 0.311. The fraction of sp³-hybridized carbons (Fsp3) is 0.364. The Kier molecular flexibility index (Phi) is 4.96. The Morgan fingerprint density at radius 3 is 2.41 bits per heavy atom. The van der Waals surface area contributed by atoms with Crippen LogP contribution in [-0.2, 0) is 14.8 Å². The highest BCUT2D eigenvalue weighted by Crippen LogP contribution is 2.16. The summed E-state index contributed by atoms with van der Waals surface area (Å²) in [6, 6.07) is 8.78. The van der Waals surface area contributed by atoms with E-state index in [1.807, 2.05) is 6.07 Å². The van der Waals surface area contributed by atoms with Gasteiger partial charge in [-0.25, -0.2) is 8.42 Å². The number of nitrogens with zero attached hydrogens (tertiary/aromatic N) is 1. The topological polar surface area (TPSA) is 54.5 Å². The van der Waals surface area contributed by atoms with Crippen LogP contribution in [0.1, 0.15) is 12.8 Å². The zero-order valence-corrected chi connectivity index (χ0v) is 11.0. The average Bonchev–Trinajstić information content (AvgIpc) is 2.28. The van der Waals surface area contributed by atoms with Crippen molar-refractivity contribution in [1.29, 1.82) is 0 Å². The third-order valence-electron chi connectivity index (χ3n) is 2.31. The van der Waals surface area contributed by atoms with E-state index in [1.165, 1.54) is 11.4 Å². The summed E-state index contributed by atoms with van der Waals surface area (Å²) in [4.78, 5) is 10.5. The highest BCUT2D eigenvalue weighted by Gasteiger charge is 2.17. The number of para-hydroxylation sites is 1. The van der Waals surface area contributed by atoms with E-state index >= 15 is 0 Å². The molecule has 0 aliphatic rings. The molecule has 0 N–H and O–H groups in total. The van der Waals surface area contributed by atoms with Crippen LogP contribution in [0.3, 0.4) is 0 Å². The molecule has 1 aromatic rings. The predicted octanol–water partition coefficient (Wildman–Crippen LogP) is 2.00. The van der Waals surface area contributed by atoms with Gasteiger partial charge in [0.1, 0.15) is 0 Å². The molecule has 0 heterocycles. The number of hydrogen-bond donors (Lipinski definition) is 0. The Balaban J connectivity index is 2.68. The second kappa shape index (κ2) is 6.02. The van der Waals surface area contributed by atoms with Gasteiger partial charge in [-0.3, -0.25) is 9.10 Å². The van der Waals surface area contributed by atoms with Crippen LogP contribution in [0.2, 0.25) is 0 Å². The number of benzene rings is 1. The maximum absolute atomic E-state index is 11.9. The molecular formula is C11H14ClNO3S. The lowest BCUT2D eigenvalue weighted by Gasteiger charge is -2.19. The van der Waals surface area contributed by atoms with Crippen molar-refractivity contribution in [2.75, 3.05) is 17.1 Å². The van der Waals surface area contributed by atoms with Crippen LogP contribution in [0.15, 0.2) is 30.3 Å². The van der Waals surface area contributed by atoms with Crippen LogP contribution in [0.25, 0.3) is 0 Å². The van der Waals surface area contributed by atoms with Crippen molar-refractivity contribution in [2.24, 2.45) is 0 Å². The molecule has 17 heavy (non-hydrogen) atoms. The monoisotopic (exact) mass is 275 g/mol. The second-order valence-electron chi connectivity index (χ2n) is 3.58. The van der Waals surface area contributed by atoms with E-state index in [0.29, 0.717) is 5.69 Å². The standard InChI is InChI=1S/C11H14ClNO3S/c1-13(10-6-3-2-4-7-10)17(15,16)9-5-8-11(12)14/h2-4,6-7H,5,8-9H2,1H3. The van der Waals surface area contributed by atoms with E-state index in [-0.39, 0.29) is 18.6 Å². The van der Waals surface area contributed by atoms with Gasteiger partial charge in [0, 0.05) is 13.5 Å². The van der Waals surface area contributed by atoms with Crippen LogP contribution in [0.5, 0.6) is 0 Å². The van der Waals surface area contributed by atoms with Crippen LogP contribution < -0.4 is 4.31 Å². The van der Waals surface area contributed by atoms with E-state index in [2.05, 4.69) is 0 Å². The van der Waals surface area contributed by atoms with Crippen molar-refractivity contribution >= 4 is 32.6 Å². The third kappa shape index (κ3) is 4.36. The van der Waals surface area contributed by atoms with Gasteiger partial charge in [0.15, 0.2) is 0 Å². The minimum absolute atomic E-state index is 0.0728. The molecule has 0 aliphatic carbocycles. The first-order valence-corrected chi connectivity index (χ1v) is 7.12. The van der Waals surface area contributed by atoms with Crippen molar-refractivity contribution in [3.05, 3.63) is 30.3 Å². The van der Waals surface area contributed by atoms with E-state index < -0.39 is 15.3 Å². The van der Waals surface area contributed by atoms with Crippen LogP contribution in [-0.4, -0.2) is 26.5 Å². The molecule has 0 spiro atoms. The SMILES string of the molecule is CN(c1ccccc1)S(=O)(=O)CCCC(=O)Cl. The van der Waals surface area contributed by atoms with Gasteiger partial charge < -0.3 is 0 Å². The summed E-state index contributed by atoms with van der Waals surface area (Å²) in [5, 5.41) is -0.512. The molecule has 0 saturated heterocycles. The lowest BCUT2D eigenvalue weighted by atomic mass is 10.3. The van der Waals surface area contributed by atoms with Crippen molar-refractivity contribution in [1.82, 2.24) is 0 Å². The highest BCUT2D eigenvalue weighted by molar-refractivity contribution is 7.92. The number of sulfonamides is 1. The number of carbonyl (C=O) groups is 1. The maximum atomic E-state index is 11.9. The number of rotatable bonds is 6. The Hall–Kier alpha value is -1.07. The van der Waals surface area contributed by atoms with E-state index in [4.69, 9.17) is 11.6 Å². The molecule has 0 bridgehead atoms. The molecule has 0 radical (unpaired) electrons. The minimum Gasteiger partial charge on any atom is -0.281 e. The van der Waals surface area contributed by atoms with E-state index in [9.17, 15) is 13.2 Å². The quantitative estimate of drug-likeness (QED) is 0.746. The fourth-order valence-electron chi connectivity index (χ4n) is 1.33. The zero-order valence-electron chi connectivity index (χ0n) is 9.47. The van der Waals surface area contributed by atoms with Crippen molar-refractivity contribution in [2.45, 2.75) is 12.8 Å². The summed E-state index contributed by atoms with van der Waals surface area (Å²) in [5.74, 6) is -0.0865. The lowest BCUT2D eigenvalue weighted by Crippen LogP contribution is -2.29. The molecule has 0 amide bonds. The molecule has 0 unspecified atom stereocenters. The van der Waals surface area contributed by atoms with Crippen molar-refractivity contribution in [3.63, 3.8) is 0 Å². The number of carbonyl (C=O) groups excluding carboxylic acids is 1. The zero-order chi connectivity index (χ0) is 12.9. The van der Waals surface area contributed by atoms with Gasteiger partial charge in [0.05, 0.1) is 11.4 Å².